The van der Waals surface area contributed by atoms with E-state index in [9.17, 15) is 13.2 Å². The van der Waals surface area contributed by atoms with E-state index in [-0.39, 0.29) is 17.1 Å². The largest absolute Gasteiger partial charge is 0.490 e. The van der Waals surface area contributed by atoms with Gasteiger partial charge in [0.25, 0.3) is 0 Å². The second kappa shape index (κ2) is 6.89. The average molecular weight is 344 g/mol. The van der Waals surface area contributed by atoms with Gasteiger partial charge in [-0.1, -0.05) is 24.8 Å². The van der Waals surface area contributed by atoms with Gasteiger partial charge in [0.05, 0.1) is 5.56 Å². The Morgan fingerprint density at radius 2 is 1.52 bits per heavy atom. The second-order valence-corrected chi connectivity index (χ2v) is 5.40. The number of alkyl halides is 2. The topological polar surface area (TPSA) is 18.5 Å². The third kappa shape index (κ3) is 3.94. The fraction of sp³-hybridized carbons (Fsp3) is 0.100. The summed E-state index contributed by atoms with van der Waals surface area (Å²) in [5.74, 6) is 0.0773. The lowest BCUT2D eigenvalue weighted by molar-refractivity contribution is -0.185. The van der Waals surface area contributed by atoms with E-state index in [0.29, 0.717) is 23.1 Å². The monoisotopic (exact) mass is 344 g/mol. The molecule has 0 saturated heterocycles. The van der Waals surface area contributed by atoms with Crippen molar-refractivity contribution in [2.75, 3.05) is 6.61 Å². The molecule has 3 aromatic carbocycles. The predicted molar refractivity (Wildman–Crippen MR) is 90.6 cm³/mol. The molecule has 3 aromatic rings. The number of benzene rings is 3. The van der Waals surface area contributed by atoms with Crippen LogP contribution >= 0.6 is 0 Å². The first-order chi connectivity index (χ1) is 12.0. The van der Waals surface area contributed by atoms with Crippen LogP contribution in [0.2, 0.25) is 0 Å². The van der Waals surface area contributed by atoms with Crippen molar-refractivity contribution in [1.82, 2.24) is 0 Å². The van der Waals surface area contributed by atoms with Crippen LogP contribution in [0, 0.1) is 5.82 Å². The summed E-state index contributed by atoms with van der Waals surface area (Å²) in [4.78, 5) is 0. The molecule has 3 rings (SSSR count). The summed E-state index contributed by atoms with van der Waals surface area (Å²) in [5.41, 5.74) is -0.294. The van der Waals surface area contributed by atoms with Crippen LogP contribution in [0.25, 0.3) is 10.8 Å². The second-order valence-electron chi connectivity index (χ2n) is 5.40. The number of halogens is 3. The standard InChI is InChI=1S/C20H15F3O2/c1-2-11-24-18-9-5-16(6-10-18)20(22,23)25-19-8-4-14-12-17(21)7-3-15(14)13-19/h2-10,12-13H,1,11H2. The highest BCUT2D eigenvalue weighted by atomic mass is 19.3. The van der Waals surface area contributed by atoms with Gasteiger partial charge >= 0.3 is 6.11 Å². The molecule has 0 heterocycles. The number of ether oxygens (including phenoxy) is 2. The minimum absolute atomic E-state index is 0.00362. The van der Waals surface area contributed by atoms with E-state index in [0.717, 1.165) is 0 Å². The normalized spacial score (nSPS) is 11.3. The van der Waals surface area contributed by atoms with Crippen molar-refractivity contribution in [2.24, 2.45) is 0 Å². The molecule has 25 heavy (non-hydrogen) atoms. The molecule has 0 amide bonds. The zero-order chi connectivity index (χ0) is 17.9. The van der Waals surface area contributed by atoms with Gasteiger partial charge in [-0.15, -0.1) is 0 Å². The maximum atomic E-state index is 14.4. The van der Waals surface area contributed by atoms with Gasteiger partial charge in [-0.05, 0) is 59.3 Å². The quantitative estimate of drug-likeness (QED) is 0.536. The van der Waals surface area contributed by atoms with E-state index < -0.39 is 6.11 Å². The maximum absolute atomic E-state index is 14.4. The first kappa shape index (κ1) is 16.9. The van der Waals surface area contributed by atoms with Crippen molar-refractivity contribution in [2.45, 2.75) is 6.11 Å². The fourth-order valence-corrected chi connectivity index (χ4v) is 2.37. The molecule has 0 aromatic heterocycles. The van der Waals surface area contributed by atoms with Crippen LogP contribution in [-0.2, 0) is 6.11 Å². The van der Waals surface area contributed by atoms with Crippen LogP contribution in [0.4, 0.5) is 13.2 Å². The Morgan fingerprint density at radius 3 is 2.24 bits per heavy atom. The molecule has 0 aliphatic heterocycles. The minimum Gasteiger partial charge on any atom is -0.490 e. The molecule has 0 N–H and O–H groups in total. The molecule has 0 bridgehead atoms. The van der Waals surface area contributed by atoms with Crippen molar-refractivity contribution in [3.8, 4) is 11.5 Å². The van der Waals surface area contributed by atoms with Crippen LogP contribution in [0.3, 0.4) is 0 Å². The average Bonchev–Trinajstić information content (AvgIpc) is 2.60. The minimum atomic E-state index is -3.51. The Kier molecular flexibility index (Phi) is 4.65. The van der Waals surface area contributed by atoms with Crippen molar-refractivity contribution >= 4 is 10.8 Å². The fourth-order valence-electron chi connectivity index (χ4n) is 2.37. The summed E-state index contributed by atoms with van der Waals surface area (Å²) < 4.78 is 52.0. The van der Waals surface area contributed by atoms with Gasteiger partial charge in [-0.2, -0.15) is 8.78 Å². The summed E-state index contributed by atoms with van der Waals surface area (Å²) >= 11 is 0. The highest BCUT2D eigenvalue weighted by Crippen LogP contribution is 2.33. The predicted octanol–water partition coefficient (Wildman–Crippen LogP) is 5.67. The van der Waals surface area contributed by atoms with Crippen LogP contribution in [0.5, 0.6) is 11.5 Å². The van der Waals surface area contributed by atoms with E-state index in [1.807, 2.05) is 0 Å². The van der Waals surface area contributed by atoms with Crippen molar-refractivity contribution in [3.63, 3.8) is 0 Å². The van der Waals surface area contributed by atoms with Crippen molar-refractivity contribution in [3.05, 3.63) is 84.7 Å². The maximum Gasteiger partial charge on any atom is 0.426 e. The lowest BCUT2D eigenvalue weighted by Gasteiger charge is -2.19. The lowest BCUT2D eigenvalue weighted by atomic mass is 10.1. The number of hydrogen-bond donors (Lipinski definition) is 0. The molecular weight excluding hydrogens is 329 g/mol. The zero-order valence-electron chi connectivity index (χ0n) is 13.2. The molecular formula is C20H15F3O2. The summed E-state index contributed by atoms with van der Waals surface area (Å²) in [6, 6.07) is 13.9. The molecule has 0 atom stereocenters. The molecule has 0 unspecified atom stereocenters. The van der Waals surface area contributed by atoms with Crippen LogP contribution < -0.4 is 9.47 Å². The molecule has 128 valence electrons. The van der Waals surface area contributed by atoms with Crippen molar-refractivity contribution < 1.29 is 22.6 Å². The third-order valence-corrected chi connectivity index (χ3v) is 3.58. The first-order valence-electron chi connectivity index (χ1n) is 7.58. The Bertz CT molecular complexity index is 889. The highest BCUT2D eigenvalue weighted by Gasteiger charge is 2.34. The first-order valence-corrected chi connectivity index (χ1v) is 7.58. The molecule has 0 fully saturated rings. The van der Waals surface area contributed by atoms with E-state index in [4.69, 9.17) is 9.47 Å². The third-order valence-electron chi connectivity index (χ3n) is 3.58. The van der Waals surface area contributed by atoms with Gasteiger partial charge in [0.15, 0.2) is 0 Å². The number of hydrogen-bond acceptors (Lipinski definition) is 2. The van der Waals surface area contributed by atoms with Crippen molar-refractivity contribution in [1.29, 1.82) is 0 Å². The molecule has 5 heteroatoms. The molecule has 0 radical (unpaired) electrons. The Labute approximate surface area is 143 Å². The van der Waals surface area contributed by atoms with E-state index in [2.05, 4.69) is 6.58 Å². The van der Waals surface area contributed by atoms with Crippen LogP contribution in [-0.4, -0.2) is 6.61 Å². The zero-order valence-corrected chi connectivity index (χ0v) is 13.2. The summed E-state index contributed by atoms with van der Waals surface area (Å²) in [7, 11) is 0. The van der Waals surface area contributed by atoms with E-state index >= 15 is 0 Å². The van der Waals surface area contributed by atoms with Crippen LogP contribution in [0.15, 0.2) is 73.3 Å². The number of rotatable bonds is 6. The smallest absolute Gasteiger partial charge is 0.426 e. The Balaban J connectivity index is 1.80. The van der Waals surface area contributed by atoms with Gasteiger partial charge in [0.2, 0.25) is 0 Å². The summed E-state index contributed by atoms with van der Waals surface area (Å²) in [6.45, 7) is 3.82. The molecule has 2 nitrogen and oxygen atoms in total. The van der Waals surface area contributed by atoms with Gasteiger partial charge in [0.1, 0.15) is 23.9 Å². The van der Waals surface area contributed by atoms with Gasteiger partial charge in [0, 0.05) is 0 Å². The Hall–Kier alpha value is -2.95. The van der Waals surface area contributed by atoms with Gasteiger partial charge in [-0.3, -0.25) is 0 Å². The molecule has 0 aliphatic carbocycles. The SMILES string of the molecule is C=CCOc1ccc(C(F)(F)Oc2ccc3cc(F)ccc3c2)cc1. The molecule has 0 aliphatic rings. The van der Waals surface area contributed by atoms with Gasteiger partial charge < -0.3 is 9.47 Å². The molecule has 0 saturated carbocycles. The van der Waals surface area contributed by atoms with E-state index in [1.54, 1.807) is 6.08 Å². The van der Waals surface area contributed by atoms with Crippen LogP contribution in [0.1, 0.15) is 5.56 Å². The number of fused-ring (bicyclic) bond motifs is 1. The van der Waals surface area contributed by atoms with Gasteiger partial charge in [-0.25, -0.2) is 4.39 Å². The highest BCUT2D eigenvalue weighted by molar-refractivity contribution is 5.83. The lowest BCUT2D eigenvalue weighted by Crippen LogP contribution is -2.21. The summed E-state index contributed by atoms with van der Waals surface area (Å²) in [6.07, 6.45) is -1.94. The molecule has 0 spiro atoms. The summed E-state index contributed by atoms with van der Waals surface area (Å²) in [5, 5.41) is 1.22. The Morgan fingerprint density at radius 1 is 0.880 bits per heavy atom. The van der Waals surface area contributed by atoms with E-state index in [1.165, 1.54) is 60.7 Å².